The molecular weight excluding hydrogens is 538 g/mol. The number of hydrogen-bond donors (Lipinski definition) is 3. The zero-order chi connectivity index (χ0) is 30.5. The number of rotatable bonds is 9. The molecule has 2 atom stereocenters. The highest BCUT2D eigenvalue weighted by molar-refractivity contribution is 6.06. The summed E-state index contributed by atoms with van der Waals surface area (Å²) in [5.41, 5.74) is 5.05. The van der Waals surface area contributed by atoms with Gasteiger partial charge in [-0.25, -0.2) is 4.79 Å². The Labute approximate surface area is 253 Å². The van der Waals surface area contributed by atoms with Crippen LogP contribution in [-0.4, -0.2) is 65.7 Å². The van der Waals surface area contributed by atoms with E-state index >= 15 is 0 Å². The summed E-state index contributed by atoms with van der Waals surface area (Å²) in [7, 11) is 3.93. The number of H-pyrrole nitrogens is 1. The van der Waals surface area contributed by atoms with Gasteiger partial charge in [0.2, 0.25) is 5.91 Å². The number of carbonyl (C=O) groups excluding carboxylic acids is 3. The Balaban J connectivity index is 1.39. The standard InChI is InChI=1S/C35H41N5O3/c1-23(30-21-36-31-13-9-8-12-29(30)31)33(34(42)37-32-20-25(22-39(3)4)14-15-28(32)24(2)41)38-35(43)40-18-16-27(17-19-40)26-10-6-5-7-11-26/h5-15,20-21,23,27,33,36H,16-19,22H2,1-4H3,(H,37,42)(H,38,43). The van der Waals surface area contributed by atoms with Gasteiger partial charge < -0.3 is 25.4 Å². The molecule has 1 saturated heterocycles. The molecule has 224 valence electrons. The van der Waals surface area contributed by atoms with Gasteiger partial charge in [-0.3, -0.25) is 9.59 Å². The van der Waals surface area contributed by atoms with E-state index in [4.69, 9.17) is 0 Å². The number of ketones is 1. The summed E-state index contributed by atoms with van der Waals surface area (Å²) in [5, 5.41) is 7.09. The largest absolute Gasteiger partial charge is 0.361 e. The number of hydrogen-bond acceptors (Lipinski definition) is 4. The summed E-state index contributed by atoms with van der Waals surface area (Å²) >= 11 is 0. The second-order valence-corrected chi connectivity index (χ2v) is 11.8. The lowest BCUT2D eigenvalue weighted by Crippen LogP contribution is -2.53. The minimum absolute atomic E-state index is 0.141. The van der Waals surface area contributed by atoms with Gasteiger partial charge in [0.05, 0.1) is 5.69 Å². The van der Waals surface area contributed by atoms with E-state index < -0.39 is 6.04 Å². The van der Waals surface area contributed by atoms with Crippen molar-refractivity contribution in [2.24, 2.45) is 0 Å². The van der Waals surface area contributed by atoms with Gasteiger partial charge in [-0.2, -0.15) is 0 Å². The highest BCUT2D eigenvalue weighted by atomic mass is 16.2. The molecule has 3 N–H and O–H groups in total. The summed E-state index contributed by atoms with van der Waals surface area (Å²) in [6.45, 7) is 5.33. The Morgan fingerprint density at radius 3 is 2.37 bits per heavy atom. The first-order chi connectivity index (χ1) is 20.7. The quantitative estimate of drug-likeness (QED) is 0.208. The number of Topliss-reactive ketones (excluding diaryl/α,β-unsaturated/α-hetero) is 1. The Morgan fingerprint density at radius 1 is 0.977 bits per heavy atom. The van der Waals surface area contributed by atoms with Gasteiger partial charge in [-0.15, -0.1) is 0 Å². The normalized spacial score (nSPS) is 15.3. The highest BCUT2D eigenvalue weighted by Gasteiger charge is 2.33. The first-order valence-electron chi connectivity index (χ1n) is 15.0. The van der Waals surface area contributed by atoms with Crippen LogP contribution in [0.5, 0.6) is 0 Å². The topological polar surface area (TPSA) is 97.5 Å². The minimum Gasteiger partial charge on any atom is -0.361 e. The van der Waals surface area contributed by atoms with Crippen LogP contribution in [0.2, 0.25) is 0 Å². The molecule has 0 saturated carbocycles. The second kappa shape index (κ2) is 13.3. The molecule has 5 rings (SSSR count). The van der Waals surface area contributed by atoms with Crippen molar-refractivity contribution in [3.63, 3.8) is 0 Å². The van der Waals surface area contributed by atoms with Gasteiger partial charge in [-0.05, 0) is 74.7 Å². The van der Waals surface area contributed by atoms with Crippen molar-refractivity contribution in [2.45, 2.75) is 51.1 Å². The van der Waals surface area contributed by atoms with Crippen LogP contribution < -0.4 is 10.6 Å². The van der Waals surface area contributed by atoms with E-state index in [0.717, 1.165) is 34.9 Å². The van der Waals surface area contributed by atoms with E-state index in [0.29, 0.717) is 36.8 Å². The highest BCUT2D eigenvalue weighted by Crippen LogP contribution is 2.31. The van der Waals surface area contributed by atoms with Gasteiger partial charge >= 0.3 is 6.03 Å². The van der Waals surface area contributed by atoms with Crippen LogP contribution in [0.4, 0.5) is 10.5 Å². The monoisotopic (exact) mass is 579 g/mol. The maximum atomic E-state index is 14.1. The molecular formula is C35H41N5O3. The van der Waals surface area contributed by atoms with Crippen molar-refractivity contribution in [1.82, 2.24) is 20.1 Å². The van der Waals surface area contributed by atoms with E-state index in [-0.39, 0.29) is 23.6 Å². The Hall–Kier alpha value is -4.43. The molecule has 1 aliphatic heterocycles. The molecule has 1 fully saturated rings. The fourth-order valence-corrected chi connectivity index (χ4v) is 6.11. The fraction of sp³-hybridized carbons (Fsp3) is 0.343. The summed E-state index contributed by atoms with van der Waals surface area (Å²) in [4.78, 5) is 47.4. The predicted molar refractivity (Wildman–Crippen MR) is 171 cm³/mol. The van der Waals surface area contributed by atoms with Gasteiger partial charge in [0.25, 0.3) is 0 Å². The SMILES string of the molecule is CC(=O)c1ccc(CN(C)C)cc1NC(=O)C(NC(=O)N1CCC(c2ccccc2)CC1)C(C)c1c[nH]c2ccccc12. The first kappa shape index (κ1) is 30.0. The van der Waals surface area contributed by atoms with Crippen LogP contribution in [0.1, 0.15) is 65.6 Å². The summed E-state index contributed by atoms with van der Waals surface area (Å²) in [5.74, 6) is -0.449. The van der Waals surface area contributed by atoms with E-state index in [1.165, 1.54) is 12.5 Å². The predicted octanol–water partition coefficient (Wildman–Crippen LogP) is 6.13. The summed E-state index contributed by atoms with van der Waals surface area (Å²) < 4.78 is 0. The van der Waals surface area contributed by atoms with Crippen LogP contribution in [0.15, 0.2) is 79.0 Å². The van der Waals surface area contributed by atoms with E-state index in [2.05, 4.69) is 39.9 Å². The van der Waals surface area contributed by atoms with Gasteiger partial charge in [0, 0.05) is 48.2 Å². The number of fused-ring (bicyclic) bond motifs is 1. The van der Waals surface area contributed by atoms with E-state index in [9.17, 15) is 14.4 Å². The third-order valence-electron chi connectivity index (χ3n) is 8.45. The fourth-order valence-electron chi connectivity index (χ4n) is 6.11. The maximum absolute atomic E-state index is 14.1. The summed E-state index contributed by atoms with van der Waals surface area (Å²) in [6, 6.07) is 22.7. The maximum Gasteiger partial charge on any atom is 0.318 e. The molecule has 3 amide bonds. The molecule has 1 aliphatic rings. The number of nitrogens with zero attached hydrogens (tertiary/aromatic N) is 2. The Morgan fingerprint density at radius 2 is 1.67 bits per heavy atom. The van der Waals surface area contributed by atoms with Crippen molar-refractivity contribution in [3.8, 4) is 0 Å². The van der Waals surface area contributed by atoms with E-state index in [1.807, 2.05) is 74.6 Å². The van der Waals surface area contributed by atoms with Gasteiger partial charge in [0.1, 0.15) is 6.04 Å². The number of likely N-dealkylation sites (tertiary alicyclic amines) is 1. The zero-order valence-corrected chi connectivity index (χ0v) is 25.4. The van der Waals surface area contributed by atoms with Crippen molar-refractivity contribution in [2.75, 3.05) is 32.5 Å². The lowest BCUT2D eigenvalue weighted by atomic mass is 9.89. The third-order valence-corrected chi connectivity index (χ3v) is 8.45. The molecule has 0 bridgehead atoms. The number of para-hydroxylation sites is 1. The average Bonchev–Trinajstić information content (AvgIpc) is 3.44. The molecule has 2 unspecified atom stereocenters. The molecule has 0 radical (unpaired) electrons. The Bertz CT molecular complexity index is 1590. The number of piperidine rings is 1. The lowest BCUT2D eigenvalue weighted by Gasteiger charge is -2.34. The Kier molecular flexibility index (Phi) is 9.26. The number of carbonyl (C=O) groups is 3. The van der Waals surface area contributed by atoms with Crippen LogP contribution >= 0.6 is 0 Å². The minimum atomic E-state index is -0.879. The molecule has 3 aromatic carbocycles. The van der Waals surface area contributed by atoms with Crippen LogP contribution in [0, 0.1) is 0 Å². The van der Waals surface area contributed by atoms with Crippen molar-refractivity contribution >= 4 is 34.3 Å². The zero-order valence-electron chi connectivity index (χ0n) is 25.4. The second-order valence-electron chi connectivity index (χ2n) is 11.8. The number of anilines is 1. The third kappa shape index (κ3) is 6.97. The number of amides is 3. The average molecular weight is 580 g/mol. The molecule has 8 heteroatoms. The molecule has 2 heterocycles. The van der Waals surface area contributed by atoms with Crippen LogP contribution in [0.3, 0.4) is 0 Å². The van der Waals surface area contributed by atoms with E-state index in [1.54, 1.807) is 11.0 Å². The number of aromatic nitrogens is 1. The number of aromatic amines is 1. The molecule has 0 aliphatic carbocycles. The van der Waals surface area contributed by atoms with Crippen molar-refractivity contribution in [1.29, 1.82) is 0 Å². The van der Waals surface area contributed by atoms with Crippen molar-refractivity contribution < 1.29 is 14.4 Å². The molecule has 1 aromatic heterocycles. The molecule has 43 heavy (non-hydrogen) atoms. The van der Waals surface area contributed by atoms with Gasteiger partial charge in [-0.1, -0.05) is 61.5 Å². The van der Waals surface area contributed by atoms with Crippen LogP contribution in [0.25, 0.3) is 10.9 Å². The van der Waals surface area contributed by atoms with Gasteiger partial charge in [0.15, 0.2) is 5.78 Å². The summed E-state index contributed by atoms with van der Waals surface area (Å²) in [6.07, 6.45) is 3.64. The number of urea groups is 1. The first-order valence-corrected chi connectivity index (χ1v) is 15.0. The smallest absolute Gasteiger partial charge is 0.318 e. The lowest BCUT2D eigenvalue weighted by molar-refractivity contribution is -0.118. The molecule has 4 aromatic rings. The van der Waals surface area contributed by atoms with Crippen LogP contribution in [-0.2, 0) is 11.3 Å². The number of nitrogens with one attached hydrogen (secondary N) is 3. The number of benzene rings is 3. The molecule has 8 nitrogen and oxygen atoms in total. The molecule has 0 spiro atoms. The van der Waals surface area contributed by atoms with Crippen molar-refractivity contribution in [3.05, 3.63) is 101 Å².